The normalized spacial score (nSPS) is 16.3. The zero-order valence-corrected chi connectivity index (χ0v) is 10.4. The van der Waals surface area contributed by atoms with Gasteiger partial charge in [0.15, 0.2) is 0 Å². The summed E-state index contributed by atoms with van der Waals surface area (Å²) in [4.78, 5) is 18.6. The molecule has 1 aromatic carbocycles. The van der Waals surface area contributed by atoms with Crippen molar-refractivity contribution in [3.8, 4) is 5.75 Å². The van der Waals surface area contributed by atoms with Gasteiger partial charge in [-0.3, -0.25) is 0 Å². The predicted molar refractivity (Wildman–Crippen MR) is 70.1 cm³/mol. The first-order valence-corrected chi connectivity index (χ1v) is 6.36. The Morgan fingerprint density at radius 1 is 1.33 bits per heavy atom. The largest absolute Gasteiger partial charge is 0.497 e. The topological polar surface area (TPSA) is 55.0 Å². The molecule has 0 aliphatic heterocycles. The molecule has 1 aliphatic carbocycles. The summed E-state index contributed by atoms with van der Waals surface area (Å²) in [6, 6.07) is 5.65. The minimum Gasteiger partial charge on any atom is -0.497 e. The molecule has 18 heavy (non-hydrogen) atoms. The number of nitrogens with one attached hydrogen (secondary N) is 1. The number of H-pyrrole nitrogens is 1. The highest BCUT2D eigenvalue weighted by Crippen LogP contribution is 2.36. The second-order valence-corrected chi connectivity index (χ2v) is 4.82. The minimum atomic E-state index is -0.255. The Morgan fingerprint density at radius 3 is 2.83 bits per heavy atom. The van der Waals surface area contributed by atoms with Gasteiger partial charge in [0.2, 0.25) is 0 Å². The van der Waals surface area contributed by atoms with Crippen molar-refractivity contribution in [2.45, 2.75) is 31.6 Å². The van der Waals surface area contributed by atoms with Crippen LogP contribution in [0.15, 0.2) is 23.0 Å². The molecule has 94 valence electrons. The lowest BCUT2D eigenvalue weighted by Gasteiger charge is -2.12. The standard InChI is InChI=1S/C14H16N2O2/c1-18-10-6-7-12-11(8-10)13(16-14(17)15-12)9-4-2-3-5-9/h6-9H,2-5H2,1H3,(H,15,16,17). The number of nitrogens with zero attached hydrogens (tertiary/aromatic N) is 1. The number of rotatable bonds is 2. The van der Waals surface area contributed by atoms with Crippen LogP contribution in [0.25, 0.3) is 10.9 Å². The molecule has 0 unspecified atom stereocenters. The van der Waals surface area contributed by atoms with Gasteiger partial charge in [-0.15, -0.1) is 0 Å². The highest BCUT2D eigenvalue weighted by atomic mass is 16.5. The average Bonchev–Trinajstić information content (AvgIpc) is 2.91. The molecule has 0 saturated heterocycles. The van der Waals surface area contributed by atoms with E-state index >= 15 is 0 Å². The van der Waals surface area contributed by atoms with E-state index in [-0.39, 0.29) is 5.69 Å². The molecule has 1 aromatic heterocycles. The fourth-order valence-corrected chi connectivity index (χ4v) is 2.81. The first-order valence-electron chi connectivity index (χ1n) is 6.36. The van der Waals surface area contributed by atoms with Crippen LogP contribution in [-0.4, -0.2) is 17.1 Å². The highest BCUT2D eigenvalue weighted by molar-refractivity contribution is 5.82. The van der Waals surface area contributed by atoms with E-state index in [0.29, 0.717) is 5.92 Å². The van der Waals surface area contributed by atoms with Crippen molar-refractivity contribution in [3.05, 3.63) is 34.4 Å². The van der Waals surface area contributed by atoms with Crippen molar-refractivity contribution in [1.82, 2.24) is 9.97 Å². The number of benzene rings is 1. The SMILES string of the molecule is COc1ccc2nc(=O)[nH]c(C3CCCC3)c2c1. The minimum absolute atomic E-state index is 0.255. The fourth-order valence-electron chi connectivity index (χ4n) is 2.81. The van der Waals surface area contributed by atoms with Gasteiger partial charge in [0, 0.05) is 11.1 Å². The number of hydrogen-bond donors (Lipinski definition) is 1. The lowest BCUT2D eigenvalue weighted by Crippen LogP contribution is -2.14. The van der Waals surface area contributed by atoms with Gasteiger partial charge in [0.05, 0.1) is 12.6 Å². The van der Waals surface area contributed by atoms with Gasteiger partial charge in [-0.2, -0.15) is 4.98 Å². The molecule has 1 saturated carbocycles. The molecule has 1 fully saturated rings. The molecule has 1 N–H and O–H groups in total. The third kappa shape index (κ3) is 1.88. The maximum absolute atomic E-state index is 11.6. The van der Waals surface area contributed by atoms with Crippen LogP contribution in [0.2, 0.25) is 0 Å². The van der Waals surface area contributed by atoms with Crippen molar-refractivity contribution < 1.29 is 4.74 Å². The molecule has 3 rings (SSSR count). The maximum atomic E-state index is 11.6. The molecule has 4 nitrogen and oxygen atoms in total. The number of aromatic amines is 1. The van der Waals surface area contributed by atoms with E-state index < -0.39 is 0 Å². The zero-order valence-electron chi connectivity index (χ0n) is 10.4. The van der Waals surface area contributed by atoms with E-state index in [0.717, 1.165) is 35.2 Å². The summed E-state index contributed by atoms with van der Waals surface area (Å²) in [5, 5.41) is 1.01. The van der Waals surface area contributed by atoms with E-state index in [1.807, 2.05) is 18.2 Å². The predicted octanol–water partition coefficient (Wildman–Crippen LogP) is 2.59. The summed E-state index contributed by atoms with van der Waals surface area (Å²) < 4.78 is 5.25. The summed E-state index contributed by atoms with van der Waals surface area (Å²) in [6.45, 7) is 0. The highest BCUT2D eigenvalue weighted by Gasteiger charge is 2.20. The Balaban J connectivity index is 2.23. The Hall–Kier alpha value is -1.84. The van der Waals surface area contributed by atoms with Gasteiger partial charge < -0.3 is 9.72 Å². The van der Waals surface area contributed by atoms with Crippen LogP contribution in [0, 0.1) is 0 Å². The second kappa shape index (κ2) is 4.44. The van der Waals surface area contributed by atoms with Crippen molar-refractivity contribution in [2.24, 2.45) is 0 Å². The lowest BCUT2D eigenvalue weighted by molar-refractivity contribution is 0.415. The third-order valence-corrected chi connectivity index (χ3v) is 3.72. The van der Waals surface area contributed by atoms with Crippen molar-refractivity contribution >= 4 is 10.9 Å². The van der Waals surface area contributed by atoms with Gasteiger partial charge in [0.25, 0.3) is 0 Å². The molecule has 1 heterocycles. The van der Waals surface area contributed by atoms with Crippen LogP contribution in [0.1, 0.15) is 37.3 Å². The summed E-state index contributed by atoms with van der Waals surface area (Å²) in [6.07, 6.45) is 4.76. The molecule has 0 radical (unpaired) electrons. The van der Waals surface area contributed by atoms with Gasteiger partial charge in [-0.25, -0.2) is 4.79 Å². The zero-order chi connectivity index (χ0) is 12.5. The molecule has 0 atom stereocenters. The third-order valence-electron chi connectivity index (χ3n) is 3.72. The van der Waals surface area contributed by atoms with Crippen LogP contribution < -0.4 is 10.4 Å². The second-order valence-electron chi connectivity index (χ2n) is 4.82. The number of hydrogen-bond acceptors (Lipinski definition) is 3. The van der Waals surface area contributed by atoms with E-state index in [1.54, 1.807) is 7.11 Å². The fraction of sp³-hybridized carbons (Fsp3) is 0.429. The maximum Gasteiger partial charge on any atom is 0.345 e. The average molecular weight is 244 g/mol. The molecule has 0 amide bonds. The summed E-state index contributed by atoms with van der Waals surface area (Å²) >= 11 is 0. The first-order chi connectivity index (χ1) is 8.78. The van der Waals surface area contributed by atoms with Crippen LogP contribution in [0.4, 0.5) is 0 Å². The van der Waals surface area contributed by atoms with Crippen molar-refractivity contribution in [1.29, 1.82) is 0 Å². The Kier molecular flexibility index (Phi) is 2.78. The molecular formula is C14H16N2O2. The van der Waals surface area contributed by atoms with Crippen molar-refractivity contribution in [2.75, 3.05) is 7.11 Å². The Morgan fingerprint density at radius 2 is 2.11 bits per heavy atom. The van der Waals surface area contributed by atoms with E-state index in [4.69, 9.17) is 4.74 Å². The number of fused-ring (bicyclic) bond motifs is 1. The summed E-state index contributed by atoms with van der Waals surface area (Å²) in [5.41, 5.74) is 1.53. The molecule has 0 spiro atoms. The van der Waals surface area contributed by atoms with Gasteiger partial charge >= 0.3 is 5.69 Å². The van der Waals surface area contributed by atoms with Crippen molar-refractivity contribution in [3.63, 3.8) is 0 Å². The smallest absolute Gasteiger partial charge is 0.345 e. The van der Waals surface area contributed by atoms with Gasteiger partial charge in [0.1, 0.15) is 5.75 Å². The Labute approximate surface area is 105 Å². The summed E-state index contributed by atoms with van der Waals surface area (Å²) in [5.74, 6) is 1.26. The lowest BCUT2D eigenvalue weighted by atomic mass is 9.99. The van der Waals surface area contributed by atoms with E-state index in [9.17, 15) is 4.79 Å². The molecular weight excluding hydrogens is 228 g/mol. The van der Waals surface area contributed by atoms with Gasteiger partial charge in [-0.05, 0) is 37.0 Å². The number of ether oxygens (including phenoxy) is 1. The number of aromatic nitrogens is 2. The van der Waals surface area contributed by atoms with E-state index in [1.165, 1.54) is 12.8 Å². The molecule has 1 aliphatic rings. The Bertz CT molecular complexity index is 627. The van der Waals surface area contributed by atoms with E-state index in [2.05, 4.69) is 9.97 Å². The summed E-state index contributed by atoms with van der Waals surface area (Å²) in [7, 11) is 1.65. The molecule has 0 bridgehead atoms. The van der Waals surface area contributed by atoms with Crippen LogP contribution in [-0.2, 0) is 0 Å². The first kappa shape index (κ1) is 11.3. The quantitative estimate of drug-likeness (QED) is 0.883. The monoisotopic (exact) mass is 244 g/mol. The molecule has 4 heteroatoms. The van der Waals surface area contributed by atoms with Crippen LogP contribution >= 0.6 is 0 Å². The van der Waals surface area contributed by atoms with Gasteiger partial charge in [-0.1, -0.05) is 12.8 Å². The number of methoxy groups -OCH3 is 1. The molecule has 2 aromatic rings. The van der Waals surface area contributed by atoms with Crippen LogP contribution in [0.5, 0.6) is 5.75 Å². The van der Waals surface area contributed by atoms with Crippen LogP contribution in [0.3, 0.4) is 0 Å².